The first-order chi connectivity index (χ1) is 7.64. The van der Waals surface area contributed by atoms with Crippen LogP contribution >= 0.6 is 15.9 Å². The third-order valence-electron chi connectivity index (χ3n) is 2.88. The van der Waals surface area contributed by atoms with E-state index in [2.05, 4.69) is 15.9 Å². The van der Waals surface area contributed by atoms with E-state index in [-0.39, 0.29) is 12.2 Å². The van der Waals surface area contributed by atoms with Crippen LogP contribution in [0.2, 0.25) is 0 Å². The summed E-state index contributed by atoms with van der Waals surface area (Å²) in [5, 5.41) is 0. The highest BCUT2D eigenvalue weighted by Gasteiger charge is 2.37. The summed E-state index contributed by atoms with van der Waals surface area (Å²) in [6.45, 7) is 2.90. The summed E-state index contributed by atoms with van der Waals surface area (Å²) in [6, 6.07) is 7.27. The van der Waals surface area contributed by atoms with Gasteiger partial charge in [-0.2, -0.15) is 0 Å². The maximum atomic E-state index is 12.0. The Morgan fingerprint density at radius 2 is 1.71 bits per heavy atom. The third-order valence-corrected chi connectivity index (χ3v) is 5.49. The molecule has 0 amide bonds. The van der Waals surface area contributed by atoms with Gasteiger partial charge in [0.15, 0.2) is 15.6 Å². The van der Waals surface area contributed by atoms with Gasteiger partial charge in [-0.3, -0.25) is 4.79 Å². The predicted molar refractivity (Wildman–Crippen MR) is 71.8 cm³/mol. The van der Waals surface area contributed by atoms with Crippen LogP contribution in [-0.2, 0) is 21.1 Å². The molecule has 0 saturated heterocycles. The number of carbonyl (C=O) groups is 1. The van der Waals surface area contributed by atoms with Crippen molar-refractivity contribution in [2.24, 2.45) is 0 Å². The van der Waals surface area contributed by atoms with Crippen molar-refractivity contribution < 1.29 is 13.2 Å². The molecule has 1 rings (SSSR count). The molecule has 0 aliphatic carbocycles. The Bertz CT molecular complexity index is 515. The van der Waals surface area contributed by atoms with Crippen molar-refractivity contribution in [3.05, 3.63) is 34.3 Å². The van der Waals surface area contributed by atoms with Gasteiger partial charge in [0, 0.05) is 17.1 Å². The molecule has 0 N–H and O–H groups in total. The highest BCUT2D eigenvalue weighted by Crippen LogP contribution is 2.20. The average Bonchev–Trinajstić information content (AvgIpc) is 2.19. The van der Waals surface area contributed by atoms with E-state index in [1.165, 1.54) is 13.8 Å². The van der Waals surface area contributed by atoms with Gasteiger partial charge in [0.2, 0.25) is 0 Å². The van der Waals surface area contributed by atoms with Gasteiger partial charge in [0.25, 0.3) is 0 Å². The van der Waals surface area contributed by atoms with Gasteiger partial charge in [-0.05, 0) is 31.5 Å². The molecule has 3 nitrogen and oxygen atoms in total. The molecule has 1 aromatic carbocycles. The monoisotopic (exact) mass is 318 g/mol. The zero-order valence-electron chi connectivity index (χ0n) is 10.0. The van der Waals surface area contributed by atoms with Gasteiger partial charge < -0.3 is 0 Å². The maximum absolute atomic E-state index is 12.0. The van der Waals surface area contributed by atoms with E-state index in [9.17, 15) is 13.2 Å². The van der Waals surface area contributed by atoms with E-state index in [4.69, 9.17) is 0 Å². The van der Waals surface area contributed by atoms with Crippen molar-refractivity contribution in [3.8, 4) is 0 Å². The number of benzene rings is 1. The van der Waals surface area contributed by atoms with Crippen LogP contribution in [0.3, 0.4) is 0 Å². The van der Waals surface area contributed by atoms with Crippen LogP contribution in [0.5, 0.6) is 0 Å². The SMILES string of the molecule is CC(C)(C(=O)Cc1ccc(Br)cc1)S(C)(=O)=O. The molecule has 0 bridgehead atoms. The van der Waals surface area contributed by atoms with E-state index < -0.39 is 14.6 Å². The number of carbonyl (C=O) groups excluding carboxylic acids is 1. The molecule has 0 aliphatic rings. The van der Waals surface area contributed by atoms with E-state index in [0.717, 1.165) is 16.3 Å². The topological polar surface area (TPSA) is 51.2 Å². The van der Waals surface area contributed by atoms with Crippen LogP contribution < -0.4 is 0 Å². The molecule has 0 aliphatic heterocycles. The molecule has 1 aromatic rings. The van der Waals surface area contributed by atoms with Crippen molar-refractivity contribution in [1.82, 2.24) is 0 Å². The minimum absolute atomic E-state index is 0.132. The third kappa shape index (κ3) is 3.39. The number of sulfone groups is 1. The summed E-state index contributed by atoms with van der Waals surface area (Å²) >= 11 is 3.30. The molecule has 0 heterocycles. The van der Waals surface area contributed by atoms with Gasteiger partial charge >= 0.3 is 0 Å². The molecule has 0 fully saturated rings. The van der Waals surface area contributed by atoms with Crippen molar-refractivity contribution in [2.75, 3.05) is 6.26 Å². The average molecular weight is 319 g/mol. The zero-order chi connectivity index (χ0) is 13.3. The first kappa shape index (κ1) is 14.4. The van der Waals surface area contributed by atoms with Gasteiger partial charge in [0.1, 0.15) is 4.75 Å². The number of ketones is 1. The lowest BCUT2D eigenvalue weighted by atomic mass is 10.0. The van der Waals surface area contributed by atoms with Crippen molar-refractivity contribution in [1.29, 1.82) is 0 Å². The van der Waals surface area contributed by atoms with Crippen molar-refractivity contribution in [2.45, 2.75) is 25.0 Å². The minimum Gasteiger partial charge on any atom is -0.298 e. The Balaban J connectivity index is 2.90. The zero-order valence-corrected chi connectivity index (χ0v) is 12.4. The summed E-state index contributed by atoms with van der Waals surface area (Å²) in [5.41, 5.74) is 0.815. The molecule has 0 radical (unpaired) electrons. The van der Waals surface area contributed by atoms with Crippen LogP contribution in [0, 0.1) is 0 Å². The van der Waals surface area contributed by atoms with E-state index in [1.807, 2.05) is 12.1 Å². The molecular formula is C12H15BrO3S. The number of hydrogen-bond acceptors (Lipinski definition) is 3. The summed E-state index contributed by atoms with van der Waals surface area (Å²) < 4.78 is 22.6. The first-order valence-electron chi connectivity index (χ1n) is 5.12. The predicted octanol–water partition coefficient (Wildman–Crippen LogP) is 2.38. The Morgan fingerprint density at radius 1 is 1.24 bits per heavy atom. The standard InChI is InChI=1S/C12H15BrO3S/c1-12(2,17(3,15)16)11(14)8-9-4-6-10(13)7-5-9/h4-7H,8H2,1-3H3. The lowest BCUT2D eigenvalue weighted by molar-refractivity contribution is -0.120. The molecule has 5 heteroatoms. The van der Waals surface area contributed by atoms with E-state index in [0.29, 0.717) is 0 Å². The van der Waals surface area contributed by atoms with Crippen LogP contribution in [0.4, 0.5) is 0 Å². The molecule has 0 unspecified atom stereocenters. The lowest BCUT2D eigenvalue weighted by Crippen LogP contribution is -2.40. The molecule has 0 atom stereocenters. The summed E-state index contributed by atoms with van der Waals surface area (Å²) in [7, 11) is -3.39. The van der Waals surface area contributed by atoms with Crippen LogP contribution in [0.1, 0.15) is 19.4 Å². The number of rotatable bonds is 4. The number of hydrogen-bond donors (Lipinski definition) is 0. The largest absolute Gasteiger partial charge is 0.298 e. The summed E-state index contributed by atoms with van der Waals surface area (Å²) in [4.78, 5) is 12.0. The van der Waals surface area contributed by atoms with Gasteiger partial charge in [-0.25, -0.2) is 8.42 Å². The summed E-state index contributed by atoms with van der Waals surface area (Å²) in [6.07, 6.45) is 1.22. The molecule has 0 saturated carbocycles. The van der Waals surface area contributed by atoms with Gasteiger partial charge in [0.05, 0.1) is 0 Å². The fourth-order valence-electron chi connectivity index (χ4n) is 1.21. The maximum Gasteiger partial charge on any atom is 0.159 e. The Morgan fingerprint density at radius 3 is 2.12 bits per heavy atom. The van der Waals surface area contributed by atoms with Crippen LogP contribution in [0.15, 0.2) is 28.7 Å². The smallest absolute Gasteiger partial charge is 0.159 e. The molecular weight excluding hydrogens is 304 g/mol. The van der Waals surface area contributed by atoms with Crippen molar-refractivity contribution in [3.63, 3.8) is 0 Å². The second-order valence-electron chi connectivity index (χ2n) is 4.51. The van der Waals surface area contributed by atoms with E-state index >= 15 is 0 Å². The Hall–Kier alpha value is -0.680. The number of Topliss-reactive ketones (excluding diaryl/α,β-unsaturated/α-hetero) is 1. The molecule has 0 aromatic heterocycles. The minimum atomic E-state index is -3.39. The number of halogens is 1. The Labute approximate surface area is 110 Å². The van der Waals surface area contributed by atoms with Crippen molar-refractivity contribution >= 4 is 31.6 Å². The fourth-order valence-corrected chi connectivity index (χ4v) is 1.96. The summed E-state index contributed by atoms with van der Waals surface area (Å²) in [5.74, 6) is -0.290. The quantitative estimate of drug-likeness (QED) is 0.856. The first-order valence-corrected chi connectivity index (χ1v) is 7.80. The second-order valence-corrected chi connectivity index (χ2v) is 7.99. The highest BCUT2D eigenvalue weighted by molar-refractivity contribution is 9.10. The molecule has 94 valence electrons. The van der Waals surface area contributed by atoms with Gasteiger partial charge in [-0.15, -0.1) is 0 Å². The van der Waals surface area contributed by atoms with Crippen LogP contribution in [0.25, 0.3) is 0 Å². The molecule has 0 spiro atoms. The molecule has 17 heavy (non-hydrogen) atoms. The normalized spacial score (nSPS) is 12.5. The Kier molecular flexibility index (Phi) is 4.15. The van der Waals surface area contributed by atoms with Crippen LogP contribution in [-0.4, -0.2) is 25.2 Å². The van der Waals surface area contributed by atoms with Gasteiger partial charge in [-0.1, -0.05) is 28.1 Å². The second kappa shape index (κ2) is 4.90. The highest BCUT2D eigenvalue weighted by atomic mass is 79.9. The lowest BCUT2D eigenvalue weighted by Gasteiger charge is -2.20. The van der Waals surface area contributed by atoms with E-state index in [1.54, 1.807) is 12.1 Å². The fraction of sp³-hybridized carbons (Fsp3) is 0.417.